The molecule has 5 heterocycles. The number of carbonyl (C=O) groups excluding carboxylic acids is 2. The number of ether oxygens (including phenoxy) is 4. The fourth-order valence-corrected chi connectivity index (χ4v) is 19.6. The molecular weight excluding hydrogens is 1250 g/mol. The number of carbonyl (C=O) groups is 2. The molecule has 11 aromatic carbocycles. The molecule has 0 radical (unpaired) electrons. The van der Waals surface area contributed by atoms with E-state index in [0.717, 1.165) is 74.5 Å². The molecule has 0 saturated carbocycles. The molecule has 0 saturated heterocycles. The normalized spacial score (nSPS) is 11.9. The fraction of sp³-hybridized carbons (Fsp3) is 0.0897. The van der Waals surface area contributed by atoms with E-state index in [4.69, 9.17) is 23.9 Å². The van der Waals surface area contributed by atoms with Crippen molar-refractivity contribution in [3.63, 3.8) is 0 Å². The minimum Gasteiger partial charge on any atom is -0.492 e. The lowest BCUT2D eigenvalue weighted by Crippen LogP contribution is -2.44. The summed E-state index contributed by atoms with van der Waals surface area (Å²) in [5.41, 5.74) is 8.23. The van der Waals surface area contributed by atoms with Gasteiger partial charge in [0.25, 0.3) is 0 Å². The van der Waals surface area contributed by atoms with E-state index in [0.29, 0.717) is 17.3 Å². The SMILES string of the molecule is C=CC(=O)OCCNC(=O)OCC(COc1ccc(-c2cccc3c2sc2ccccc23)cc1-c1cccc2c1sc1ccccc12)(COc1ccc(-c2cccc3c2sc2ccccc23)cc1-c1cccc2c1sc1ccccc12)CSc1nc2ccccc2s1. The fourth-order valence-electron chi connectivity index (χ4n) is 12.4. The summed E-state index contributed by atoms with van der Waals surface area (Å²) in [5, 5.41) is 12.5. The molecule has 8 nitrogen and oxygen atoms in total. The van der Waals surface area contributed by atoms with E-state index in [1.807, 2.05) is 40.9 Å². The molecule has 0 fully saturated rings. The van der Waals surface area contributed by atoms with Crippen molar-refractivity contribution in [3.05, 3.63) is 243 Å². The van der Waals surface area contributed by atoms with Crippen molar-refractivity contribution < 1.29 is 28.5 Å². The molecule has 0 unspecified atom stereocenters. The molecular formula is C78H54N2O6S6. The van der Waals surface area contributed by atoms with Crippen molar-refractivity contribution in [1.29, 1.82) is 0 Å². The van der Waals surface area contributed by atoms with Crippen molar-refractivity contribution in [2.24, 2.45) is 5.41 Å². The summed E-state index contributed by atoms with van der Waals surface area (Å²) in [4.78, 5) is 31.2. The van der Waals surface area contributed by atoms with Gasteiger partial charge in [-0.3, -0.25) is 0 Å². The van der Waals surface area contributed by atoms with E-state index in [-0.39, 0.29) is 33.0 Å². The number of esters is 1. The van der Waals surface area contributed by atoms with Gasteiger partial charge in [-0.1, -0.05) is 188 Å². The van der Waals surface area contributed by atoms with Gasteiger partial charge < -0.3 is 24.3 Å². The van der Waals surface area contributed by atoms with Gasteiger partial charge in [-0.2, -0.15) is 0 Å². The summed E-state index contributed by atoms with van der Waals surface area (Å²) in [7, 11) is 0. The third-order valence-electron chi connectivity index (χ3n) is 16.9. The van der Waals surface area contributed by atoms with Crippen LogP contribution in [0.5, 0.6) is 11.5 Å². The zero-order chi connectivity index (χ0) is 61.7. The second kappa shape index (κ2) is 24.7. The predicted molar refractivity (Wildman–Crippen MR) is 390 cm³/mol. The molecule has 92 heavy (non-hydrogen) atoms. The molecule has 448 valence electrons. The zero-order valence-electron chi connectivity index (χ0n) is 49.3. The number of alkyl carbamates (subject to hydrolysis) is 1. The number of hydrogen-bond acceptors (Lipinski definition) is 13. The third-order valence-corrected chi connectivity index (χ3v) is 24.3. The van der Waals surface area contributed by atoms with Crippen LogP contribution in [0.3, 0.4) is 0 Å². The number of nitrogens with zero attached hydrogens (tertiary/aromatic N) is 1. The number of rotatable bonds is 19. The van der Waals surface area contributed by atoms with E-state index < -0.39 is 17.5 Å². The van der Waals surface area contributed by atoms with E-state index >= 15 is 0 Å². The standard InChI is InChI=1S/C78H54N2O6S6/c1-2-71(81)83-40-39-79-76(82)86-45-78(46-87-77-80-63-29-7-12-34-70(63)92-77,43-84-64-37-35-47(49-21-13-23-55-51-17-3-8-30-66(51)88-72(49)55)41-61(64)59-27-15-25-57-53-19-5-10-32-68(53)90-74(57)59)44-85-65-38-36-48(50-22-14-24-56-52-18-4-9-31-67(52)89-73(50)56)42-62(65)60-28-16-26-58-54-20-6-11-33-69(54)91-75(58)60/h2-38,41-42H,1,39-40,43-46H2,(H,79,82). The maximum atomic E-state index is 14.1. The average Bonchev–Trinajstić information content (AvgIpc) is 1.84. The zero-order valence-corrected chi connectivity index (χ0v) is 54.2. The van der Waals surface area contributed by atoms with Gasteiger partial charge in [-0.25, -0.2) is 14.6 Å². The van der Waals surface area contributed by atoms with Crippen LogP contribution in [-0.4, -0.2) is 55.8 Å². The lowest BCUT2D eigenvalue weighted by molar-refractivity contribution is -0.137. The van der Waals surface area contributed by atoms with E-state index in [1.54, 1.807) is 45.8 Å². The lowest BCUT2D eigenvalue weighted by Gasteiger charge is -2.33. The Labute approximate surface area is 553 Å². The first-order valence-electron chi connectivity index (χ1n) is 30.2. The number of thiazole rings is 1. The number of para-hydroxylation sites is 1. The number of fused-ring (bicyclic) bond motifs is 13. The Balaban J connectivity index is 0.840. The molecule has 5 aromatic heterocycles. The highest BCUT2D eigenvalue weighted by Crippen LogP contribution is 2.49. The minimum absolute atomic E-state index is 0.0290. The smallest absolute Gasteiger partial charge is 0.407 e. The Bertz CT molecular complexity index is 5250. The first-order valence-corrected chi connectivity index (χ1v) is 35.2. The van der Waals surface area contributed by atoms with Gasteiger partial charge >= 0.3 is 12.1 Å². The van der Waals surface area contributed by atoms with Gasteiger partial charge in [0.15, 0.2) is 4.34 Å². The molecule has 14 heteroatoms. The second-order valence-electron chi connectivity index (χ2n) is 22.7. The number of benzene rings is 11. The summed E-state index contributed by atoms with van der Waals surface area (Å²) in [6, 6.07) is 82.0. The van der Waals surface area contributed by atoms with Crippen LogP contribution >= 0.6 is 68.4 Å². The molecule has 0 atom stereocenters. The molecule has 16 aromatic rings. The monoisotopic (exact) mass is 1310 g/mol. The van der Waals surface area contributed by atoms with E-state index in [9.17, 15) is 9.59 Å². The molecule has 0 aliphatic rings. The highest BCUT2D eigenvalue weighted by molar-refractivity contribution is 8.01. The Morgan fingerprint density at radius 2 is 0.848 bits per heavy atom. The van der Waals surface area contributed by atoms with E-state index in [2.05, 4.69) is 224 Å². The quantitative estimate of drug-likeness (QED) is 0.0370. The number of nitrogens with one attached hydrogen (secondary N) is 1. The van der Waals surface area contributed by atoms with Gasteiger partial charge in [0.1, 0.15) is 37.9 Å². The maximum absolute atomic E-state index is 14.1. The van der Waals surface area contributed by atoms with Crippen LogP contribution in [0.1, 0.15) is 0 Å². The highest BCUT2D eigenvalue weighted by Gasteiger charge is 2.37. The second-order valence-corrected chi connectivity index (χ2v) is 29.2. The first kappa shape index (κ1) is 57.8. The summed E-state index contributed by atoms with van der Waals surface area (Å²) in [6.07, 6.45) is 0.416. The Hall–Kier alpha value is -9.38. The molecule has 0 aliphatic carbocycles. The van der Waals surface area contributed by atoms with Crippen molar-refractivity contribution in [1.82, 2.24) is 10.3 Å². The van der Waals surface area contributed by atoms with Crippen molar-refractivity contribution >= 4 is 171 Å². The molecule has 0 bridgehead atoms. The number of thiophene rings is 4. The van der Waals surface area contributed by atoms with Crippen LogP contribution < -0.4 is 14.8 Å². The first-order chi connectivity index (χ1) is 45.3. The van der Waals surface area contributed by atoms with Crippen molar-refractivity contribution in [2.75, 3.05) is 38.7 Å². The van der Waals surface area contributed by atoms with Crippen molar-refractivity contribution in [2.45, 2.75) is 4.34 Å². The Morgan fingerprint density at radius 1 is 0.435 bits per heavy atom. The molecule has 16 rings (SSSR count). The Morgan fingerprint density at radius 3 is 1.30 bits per heavy atom. The van der Waals surface area contributed by atoms with Gasteiger partial charge in [0, 0.05) is 115 Å². The topological polar surface area (TPSA) is 96.0 Å². The predicted octanol–water partition coefficient (Wildman–Crippen LogP) is 22.1. The third kappa shape index (κ3) is 10.9. The van der Waals surface area contributed by atoms with Gasteiger partial charge in [0.05, 0.1) is 22.2 Å². The summed E-state index contributed by atoms with van der Waals surface area (Å²) in [5.74, 6) is 1.13. The largest absolute Gasteiger partial charge is 0.492 e. The number of thioether (sulfide) groups is 1. The average molecular weight is 1310 g/mol. The lowest BCUT2D eigenvalue weighted by atomic mass is 9.92. The van der Waals surface area contributed by atoms with Crippen LogP contribution in [0.4, 0.5) is 4.79 Å². The highest BCUT2D eigenvalue weighted by atomic mass is 32.2. The number of hydrogen-bond donors (Lipinski definition) is 1. The molecule has 0 spiro atoms. The number of amides is 1. The molecule has 1 N–H and O–H groups in total. The summed E-state index contributed by atoms with van der Waals surface area (Å²) >= 11 is 10.4. The minimum atomic E-state index is -1.06. The van der Waals surface area contributed by atoms with Gasteiger partial charge in [0.2, 0.25) is 0 Å². The van der Waals surface area contributed by atoms with Crippen LogP contribution in [0, 0.1) is 5.41 Å². The number of aromatic nitrogens is 1. The van der Waals surface area contributed by atoms with Crippen LogP contribution in [-0.2, 0) is 14.3 Å². The molecule has 1 amide bonds. The summed E-state index contributed by atoms with van der Waals surface area (Å²) in [6.45, 7) is 3.47. The Kier molecular flexibility index (Phi) is 15.5. The van der Waals surface area contributed by atoms with E-state index in [1.165, 1.54) is 71.3 Å². The summed E-state index contributed by atoms with van der Waals surface area (Å²) < 4.78 is 38.1. The van der Waals surface area contributed by atoms with Crippen LogP contribution in [0.2, 0.25) is 0 Å². The molecule has 0 aliphatic heterocycles. The van der Waals surface area contributed by atoms with Crippen molar-refractivity contribution in [3.8, 4) is 56.0 Å². The van der Waals surface area contributed by atoms with Gasteiger partial charge in [-0.05, 0) is 82.9 Å². The van der Waals surface area contributed by atoms with Gasteiger partial charge in [-0.15, -0.1) is 56.7 Å². The maximum Gasteiger partial charge on any atom is 0.407 e. The van der Waals surface area contributed by atoms with Crippen LogP contribution in [0.25, 0.3) is 135 Å². The van der Waals surface area contributed by atoms with Crippen LogP contribution in [0.15, 0.2) is 248 Å².